The molecule has 4 N–H and O–H groups in total. The summed E-state index contributed by atoms with van der Waals surface area (Å²) in [5.74, 6) is -1.11. The lowest BCUT2D eigenvalue weighted by atomic mass is 10.0. The third-order valence-corrected chi connectivity index (χ3v) is 2.40. The van der Waals surface area contributed by atoms with E-state index in [0.29, 0.717) is 17.6 Å². The highest BCUT2D eigenvalue weighted by molar-refractivity contribution is 6.03. The summed E-state index contributed by atoms with van der Waals surface area (Å²) in [5.41, 5.74) is 11.0. The van der Waals surface area contributed by atoms with E-state index in [1.54, 1.807) is 6.92 Å². The largest absolute Gasteiger partial charge is 0.366 e. The van der Waals surface area contributed by atoms with E-state index in [1.165, 1.54) is 0 Å². The van der Waals surface area contributed by atoms with Crippen LogP contribution in [0.25, 0.3) is 0 Å². The lowest BCUT2D eigenvalue weighted by Crippen LogP contribution is -2.21. The molecule has 0 aromatic carbocycles. The van der Waals surface area contributed by atoms with Crippen molar-refractivity contribution in [2.75, 3.05) is 0 Å². The van der Waals surface area contributed by atoms with Crippen LogP contribution in [-0.2, 0) is 9.59 Å². The molecule has 15 heavy (non-hydrogen) atoms. The summed E-state index contributed by atoms with van der Waals surface area (Å²) in [5, 5.41) is 0. The molecule has 0 aromatic rings. The molecule has 4 heteroatoms. The number of carbonyl (C=O) groups is 2. The lowest BCUT2D eigenvalue weighted by molar-refractivity contribution is -0.117. The standard InChI is InChI=1S/C11H20N2O2/c1-3-4-5-6-7-9(11(13)15)8(2)10(12)14/h3-7H2,1-2H3,(H2,12,14)(H2,13,15)/b9-8-. The van der Waals surface area contributed by atoms with Crippen LogP contribution in [0.1, 0.15) is 46.0 Å². The molecule has 86 valence electrons. The van der Waals surface area contributed by atoms with Crippen LogP contribution in [0, 0.1) is 0 Å². The van der Waals surface area contributed by atoms with Crippen molar-refractivity contribution in [3.63, 3.8) is 0 Å². The number of nitrogens with two attached hydrogens (primary N) is 2. The minimum atomic E-state index is -0.570. The van der Waals surface area contributed by atoms with E-state index in [2.05, 4.69) is 6.92 Å². The third-order valence-electron chi connectivity index (χ3n) is 2.40. The second kappa shape index (κ2) is 7.04. The van der Waals surface area contributed by atoms with Crippen LogP contribution in [0.5, 0.6) is 0 Å². The summed E-state index contributed by atoms with van der Waals surface area (Å²) >= 11 is 0. The van der Waals surface area contributed by atoms with Crippen LogP contribution in [0.3, 0.4) is 0 Å². The van der Waals surface area contributed by atoms with Crippen molar-refractivity contribution in [2.24, 2.45) is 11.5 Å². The van der Waals surface area contributed by atoms with Gasteiger partial charge in [-0.3, -0.25) is 9.59 Å². The van der Waals surface area contributed by atoms with E-state index in [1.807, 2.05) is 0 Å². The summed E-state index contributed by atoms with van der Waals surface area (Å²) in [4.78, 5) is 22.0. The van der Waals surface area contributed by atoms with Crippen molar-refractivity contribution >= 4 is 11.8 Å². The minimum Gasteiger partial charge on any atom is -0.366 e. The van der Waals surface area contributed by atoms with Gasteiger partial charge in [0.1, 0.15) is 0 Å². The first-order valence-electron chi connectivity index (χ1n) is 5.30. The van der Waals surface area contributed by atoms with Crippen molar-refractivity contribution in [1.29, 1.82) is 0 Å². The number of unbranched alkanes of at least 4 members (excludes halogenated alkanes) is 3. The van der Waals surface area contributed by atoms with Crippen LogP contribution in [-0.4, -0.2) is 11.8 Å². The average Bonchev–Trinajstić information content (AvgIpc) is 2.16. The average molecular weight is 212 g/mol. The first kappa shape index (κ1) is 13.7. The SMILES string of the molecule is CCCCCC/C(C(N)=O)=C(\C)C(N)=O. The molecule has 0 aliphatic rings. The molecule has 0 fully saturated rings. The molecule has 0 radical (unpaired) electrons. The van der Waals surface area contributed by atoms with Gasteiger partial charge in [0.2, 0.25) is 11.8 Å². The Kier molecular flexibility index (Phi) is 6.42. The summed E-state index contributed by atoms with van der Waals surface area (Å²) in [7, 11) is 0. The fraction of sp³-hybridized carbons (Fsp3) is 0.636. The molecular formula is C11H20N2O2. The Morgan fingerprint density at radius 1 is 1.00 bits per heavy atom. The van der Waals surface area contributed by atoms with E-state index >= 15 is 0 Å². The van der Waals surface area contributed by atoms with Gasteiger partial charge in [-0.05, 0) is 19.8 Å². The normalized spacial score (nSPS) is 12.1. The van der Waals surface area contributed by atoms with Gasteiger partial charge >= 0.3 is 0 Å². The highest BCUT2D eigenvalue weighted by Crippen LogP contribution is 2.13. The van der Waals surface area contributed by atoms with Gasteiger partial charge in [0.05, 0.1) is 0 Å². The molecule has 0 aliphatic heterocycles. The zero-order valence-electron chi connectivity index (χ0n) is 9.51. The van der Waals surface area contributed by atoms with Crippen molar-refractivity contribution < 1.29 is 9.59 Å². The maximum atomic E-state index is 11.1. The zero-order valence-corrected chi connectivity index (χ0v) is 9.51. The van der Waals surface area contributed by atoms with Gasteiger partial charge in [-0.2, -0.15) is 0 Å². The number of rotatable bonds is 7. The van der Waals surface area contributed by atoms with E-state index < -0.39 is 11.8 Å². The van der Waals surface area contributed by atoms with Gasteiger partial charge in [-0.25, -0.2) is 0 Å². The highest BCUT2D eigenvalue weighted by atomic mass is 16.2. The Bertz CT molecular complexity index is 270. The molecule has 0 atom stereocenters. The predicted molar refractivity (Wildman–Crippen MR) is 59.8 cm³/mol. The van der Waals surface area contributed by atoms with Gasteiger partial charge in [-0.15, -0.1) is 0 Å². The molecule has 0 aromatic heterocycles. The van der Waals surface area contributed by atoms with Crippen LogP contribution >= 0.6 is 0 Å². The van der Waals surface area contributed by atoms with E-state index in [0.717, 1.165) is 25.7 Å². The Morgan fingerprint density at radius 2 is 1.60 bits per heavy atom. The van der Waals surface area contributed by atoms with Crippen LogP contribution in [0.4, 0.5) is 0 Å². The zero-order chi connectivity index (χ0) is 11.8. The number of hydrogen-bond acceptors (Lipinski definition) is 2. The minimum absolute atomic E-state index is 0.291. The molecule has 0 saturated heterocycles. The topological polar surface area (TPSA) is 86.2 Å². The molecule has 0 spiro atoms. The van der Waals surface area contributed by atoms with Crippen LogP contribution in [0.15, 0.2) is 11.1 Å². The van der Waals surface area contributed by atoms with Crippen molar-refractivity contribution in [3.8, 4) is 0 Å². The van der Waals surface area contributed by atoms with Crippen LogP contribution < -0.4 is 11.5 Å². The summed E-state index contributed by atoms with van der Waals surface area (Å²) in [6.45, 7) is 3.65. The molecule has 0 rings (SSSR count). The van der Waals surface area contributed by atoms with Crippen molar-refractivity contribution in [2.45, 2.75) is 46.0 Å². The Balaban J connectivity index is 4.36. The number of primary amides is 2. The fourth-order valence-corrected chi connectivity index (χ4v) is 1.37. The van der Waals surface area contributed by atoms with E-state index in [-0.39, 0.29) is 0 Å². The number of amides is 2. The van der Waals surface area contributed by atoms with Gasteiger partial charge in [0.15, 0.2) is 0 Å². The fourth-order valence-electron chi connectivity index (χ4n) is 1.37. The summed E-state index contributed by atoms with van der Waals surface area (Å²) in [6, 6.07) is 0. The van der Waals surface area contributed by atoms with E-state index in [9.17, 15) is 9.59 Å². The highest BCUT2D eigenvalue weighted by Gasteiger charge is 2.12. The van der Waals surface area contributed by atoms with Crippen LogP contribution in [0.2, 0.25) is 0 Å². The first-order valence-corrected chi connectivity index (χ1v) is 5.30. The first-order chi connectivity index (χ1) is 7.00. The van der Waals surface area contributed by atoms with Gasteiger partial charge in [0.25, 0.3) is 0 Å². The summed E-state index contributed by atoms with van der Waals surface area (Å²) < 4.78 is 0. The molecular weight excluding hydrogens is 192 g/mol. The summed E-state index contributed by atoms with van der Waals surface area (Å²) in [6.07, 6.45) is 4.71. The molecule has 0 heterocycles. The molecule has 2 amide bonds. The van der Waals surface area contributed by atoms with Gasteiger partial charge in [-0.1, -0.05) is 26.2 Å². The van der Waals surface area contributed by atoms with E-state index in [4.69, 9.17) is 11.5 Å². The molecule has 0 bridgehead atoms. The lowest BCUT2D eigenvalue weighted by Gasteiger charge is -2.06. The number of carbonyl (C=O) groups excluding carboxylic acids is 2. The van der Waals surface area contributed by atoms with Gasteiger partial charge < -0.3 is 11.5 Å². The van der Waals surface area contributed by atoms with Crippen molar-refractivity contribution in [1.82, 2.24) is 0 Å². The Hall–Kier alpha value is -1.32. The predicted octanol–water partition coefficient (Wildman–Crippen LogP) is 1.24. The molecule has 0 unspecified atom stereocenters. The molecule has 4 nitrogen and oxygen atoms in total. The second-order valence-electron chi connectivity index (χ2n) is 3.64. The maximum absolute atomic E-state index is 11.1. The Morgan fingerprint density at radius 3 is 2.00 bits per heavy atom. The van der Waals surface area contributed by atoms with Crippen molar-refractivity contribution in [3.05, 3.63) is 11.1 Å². The Labute approximate surface area is 90.7 Å². The third kappa shape index (κ3) is 5.20. The quantitative estimate of drug-likeness (QED) is 0.491. The monoisotopic (exact) mass is 212 g/mol. The number of hydrogen-bond donors (Lipinski definition) is 2. The second-order valence-corrected chi connectivity index (χ2v) is 3.64. The smallest absolute Gasteiger partial charge is 0.245 e. The molecule has 0 saturated carbocycles. The maximum Gasteiger partial charge on any atom is 0.245 e. The molecule has 0 aliphatic carbocycles. The van der Waals surface area contributed by atoms with Gasteiger partial charge in [0, 0.05) is 11.1 Å².